The third-order valence-electron chi connectivity index (χ3n) is 3.43. The Labute approximate surface area is 127 Å². The van der Waals surface area contributed by atoms with Gasteiger partial charge < -0.3 is 10.2 Å². The molecule has 1 aliphatic heterocycles. The van der Waals surface area contributed by atoms with Gasteiger partial charge in [-0.3, -0.25) is 0 Å². The first kappa shape index (κ1) is 13.5. The van der Waals surface area contributed by atoms with Crippen molar-refractivity contribution in [3.63, 3.8) is 0 Å². The van der Waals surface area contributed by atoms with Crippen LogP contribution in [0.25, 0.3) is 11.3 Å². The van der Waals surface area contributed by atoms with Crippen LogP contribution in [0.2, 0.25) is 0 Å². The van der Waals surface area contributed by atoms with Gasteiger partial charge in [-0.05, 0) is 37.2 Å². The largest absolute Gasteiger partial charge is 0.354 e. The molecule has 0 bridgehead atoms. The summed E-state index contributed by atoms with van der Waals surface area (Å²) in [7, 11) is 0. The molecule has 2 heterocycles. The number of hydrogen-bond donors (Lipinski definition) is 1. The second kappa shape index (κ2) is 6.33. The van der Waals surface area contributed by atoms with Crippen LogP contribution in [-0.2, 0) is 0 Å². The summed E-state index contributed by atoms with van der Waals surface area (Å²) in [6, 6.07) is 12.2. The second-order valence-electron chi connectivity index (χ2n) is 4.88. The van der Waals surface area contributed by atoms with Gasteiger partial charge in [-0.15, -0.1) is 10.2 Å². The number of aromatic nitrogens is 2. The van der Waals surface area contributed by atoms with Crippen molar-refractivity contribution in [2.45, 2.75) is 6.42 Å². The van der Waals surface area contributed by atoms with Gasteiger partial charge in [-0.1, -0.05) is 28.1 Å². The lowest BCUT2D eigenvalue weighted by Gasteiger charge is -2.20. The zero-order valence-corrected chi connectivity index (χ0v) is 12.8. The number of anilines is 1. The average Bonchev–Trinajstić information content (AvgIpc) is 2.76. The molecular weight excluding hydrogens is 316 g/mol. The van der Waals surface area contributed by atoms with Crippen molar-refractivity contribution in [2.75, 3.05) is 31.1 Å². The smallest absolute Gasteiger partial charge is 0.151 e. The van der Waals surface area contributed by atoms with Crippen molar-refractivity contribution in [3.8, 4) is 11.3 Å². The van der Waals surface area contributed by atoms with Gasteiger partial charge in [-0.25, -0.2) is 0 Å². The minimum Gasteiger partial charge on any atom is -0.354 e. The summed E-state index contributed by atoms with van der Waals surface area (Å²) < 4.78 is 1.06. The normalized spacial score (nSPS) is 15.9. The van der Waals surface area contributed by atoms with E-state index in [1.54, 1.807) is 0 Å². The van der Waals surface area contributed by atoms with Crippen molar-refractivity contribution >= 4 is 21.7 Å². The zero-order chi connectivity index (χ0) is 13.8. The number of hydrogen-bond acceptors (Lipinski definition) is 4. The highest BCUT2D eigenvalue weighted by Gasteiger charge is 2.11. The van der Waals surface area contributed by atoms with Crippen LogP contribution in [0.1, 0.15) is 6.42 Å². The Kier molecular flexibility index (Phi) is 4.28. The van der Waals surface area contributed by atoms with E-state index in [2.05, 4.69) is 48.5 Å². The Bertz CT molecular complexity index is 562. The van der Waals surface area contributed by atoms with Crippen LogP contribution in [0.3, 0.4) is 0 Å². The third-order valence-corrected chi connectivity index (χ3v) is 3.93. The first-order valence-corrected chi connectivity index (χ1v) is 7.67. The van der Waals surface area contributed by atoms with Crippen molar-refractivity contribution < 1.29 is 0 Å². The van der Waals surface area contributed by atoms with Crippen molar-refractivity contribution in [2.24, 2.45) is 0 Å². The standard InChI is InChI=1S/C15H17BrN4/c16-13-4-1-3-12(11-13)14-5-6-15(19-18-14)20-9-2-7-17-8-10-20/h1,3-6,11,17H,2,7-10H2. The first-order valence-electron chi connectivity index (χ1n) is 6.88. The van der Waals surface area contributed by atoms with E-state index in [0.29, 0.717) is 0 Å². The summed E-state index contributed by atoms with van der Waals surface area (Å²) in [4.78, 5) is 2.29. The van der Waals surface area contributed by atoms with Crippen molar-refractivity contribution in [1.29, 1.82) is 0 Å². The van der Waals surface area contributed by atoms with Gasteiger partial charge in [0.05, 0.1) is 5.69 Å². The molecule has 0 spiro atoms. The summed E-state index contributed by atoms with van der Waals surface area (Å²) in [6.45, 7) is 4.12. The maximum atomic E-state index is 4.38. The van der Waals surface area contributed by atoms with Crippen LogP contribution in [0.4, 0.5) is 5.82 Å². The molecule has 5 heteroatoms. The molecular formula is C15H17BrN4. The van der Waals surface area contributed by atoms with Gasteiger partial charge in [0.2, 0.25) is 0 Å². The van der Waals surface area contributed by atoms with Crippen LogP contribution in [0.5, 0.6) is 0 Å². The number of nitrogens with one attached hydrogen (secondary N) is 1. The molecule has 1 fully saturated rings. The van der Waals surface area contributed by atoms with E-state index >= 15 is 0 Å². The van der Waals surface area contributed by atoms with E-state index in [1.165, 1.54) is 0 Å². The monoisotopic (exact) mass is 332 g/mol. The van der Waals surface area contributed by atoms with Crippen LogP contribution in [0.15, 0.2) is 40.9 Å². The minimum atomic E-state index is 0.906. The molecule has 0 saturated carbocycles. The third kappa shape index (κ3) is 3.16. The lowest BCUT2D eigenvalue weighted by molar-refractivity contribution is 0.724. The van der Waals surface area contributed by atoms with E-state index in [0.717, 1.165) is 54.1 Å². The van der Waals surface area contributed by atoms with Gasteiger partial charge in [0, 0.05) is 29.7 Å². The molecule has 3 rings (SSSR count). The zero-order valence-electron chi connectivity index (χ0n) is 11.2. The Hall–Kier alpha value is -1.46. The quantitative estimate of drug-likeness (QED) is 0.918. The Morgan fingerprint density at radius 1 is 1.05 bits per heavy atom. The molecule has 0 atom stereocenters. The van der Waals surface area contributed by atoms with Crippen molar-refractivity contribution in [3.05, 3.63) is 40.9 Å². The fourth-order valence-corrected chi connectivity index (χ4v) is 2.77. The highest BCUT2D eigenvalue weighted by molar-refractivity contribution is 9.10. The Morgan fingerprint density at radius 2 is 2.00 bits per heavy atom. The van der Waals surface area contributed by atoms with E-state index in [1.807, 2.05) is 24.3 Å². The number of nitrogens with zero attached hydrogens (tertiary/aromatic N) is 3. The first-order chi connectivity index (χ1) is 9.83. The summed E-state index contributed by atoms with van der Waals surface area (Å²) in [5.74, 6) is 0.965. The maximum absolute atomic E-state index is 4.38. The van der Waals surface area contributed by atoms with E-state index in [4.69, 9.17) is 0 Å². The topological polar surface area (TPSA) is 41.0 Å². The molecule has 0 aliphatic carbocycles. The molecule has 20 heavy (non-hydrogen) atoms. The molecule has 1 aliphatic rings. The van der Waals surface area contributed by atoms with Crippen molar-refractivity contribution in [1.82, 2.24) is 15.5 Å². The molecule has 1 aromatic carbocycles. The molecule has 2 aromatic rings. The predicted molar refractivity (Wildman–Crippen MR) is 84.9 cm³/mol. The second-order valence-corrected chi connectivity index (χ2v) is 5.79. The van der Waals surface area contributed by atoms with Gasteiger partial charge in [0.1, 0.15) is 0 Å². The van der Waals surface area contributed by atoms with Gasteiger partial charge in [0.25, 0.3) is 0 Å². The lowest BCUT2D eigenvalue weighted by Crippen LogP contribution is -2.28. The Morgan fingerprint density at radius 3 is 2.80 bits per heavy atom. The van der Waals surface area contributed by atoms with E-state index in [9.17, 15) is 0 Å². The molecule has 1 aromatic heterocycles. The molecule has 1 N–H and O–H groups in total. The SMILES string of the molecule is Brc1cccc(-c2ccc(N3CCCNCC3)nn2)c1. The van der Waals surface area contributed by atoms with E-state index < -0.39 is 0 Å². The summed E-state index contributed by atoms with van der Waals surface area (Å²) >= 11 is 3.48. The van der Waals surface area contributed by atoms with Gasteiger partial charge in [-0.2, -0.15) is 0 Å². The fourth-order valence-electron chi connectivity index (χ4n) is 2.37. The highest BCUT2D eigenvalue weighted by atomic mass is 79.9. The number of rotatable bonds is 2. The molecule has 0 radical (unpaired) electrons. The summed E-state index contributed by atoms with van der Waals surface area (Å²) in [6.07, 6.45) is 1.15. The summed E-state index contributed by atoms with van der Waals surface area (Å²) in [5.41, 5.74) is 1.99. The fraction of sp³-hybridized carbons (Fsp3) is 0.333. The average molecular weight is 333 g/mol. The molecule has 4 nitrogen and oxygen atoms in total. The van der Waals surface area contributed by atoms with Crippen LogP contribution in [0, 0.1) is 0 Å². The molecule has 0 unspecified atom stereocenters. The maximum Gasteiger partial charge on any atom is 0.151 e. The van der Waals surface area contributed by atoms with Gasteiger partial charge in [0.15, 0.2) is 5.82 Å². The molecule has 1 saturated heterocycles. The van der Waals surface area contributed by atoms with Crippen LogP contribution >= 0.6 is 15.9 Å². The summed E-state index contributed by atoms with van der Waals surface area (Å²) in [5, 5.41) is 12.1. The van der Waals surface area contributed by atoms with Crippen LogP contribution in [-0.4, -0.2) is 36.4 Å². The minimum absolute atomic E-state index is 0.906. The number of benzene rings is 1. The van der Waals surface area contributed by atoms with Gasteiger partial charge >= 0.3 is 0 Å². The highest BCUT2D eigenvalue weighted by Crippen LogP contribution is 2.22. The Balaban J connectivity index is 1.80. The van der Waals surface area contributed by atoms with E-state index in [-0.39, 0.29) is 0 Å². The van der Waals surface area contributed by atoms with Crippen LogP contribution < -0.4 is 10.2 Å². The number of halogens is 1. The lowest BCUT2D eigenvalue weighted by atomic mass is 10.1. The molecule has 0 amide bonds. The molecule has 104 valence electrons. The predicted octanol–water partition coefficient (Wildman–Crippen LogP) is 2.71.